The van der Waals surface area contributed by atoms with Crippen molar-refractivity contribution >= 4 is 0 Å². The lowest BCUT2D eigenvalue weighted by atomic mass is 9.91. The Kier molecular flexibility index (Phi) is 4.19. The molecule has 1 unspecified atom stereocenters. The van der Waals surface area contributed by atoms with E-state index in [0.29, 0.717) is 5.92 Å². The average molecular weight is 186 g/mol. The molecule has 1 aromatic carbocycles. The first-order chi connectivity index (χ1) is 6.81. The van der Waals surface area contributed by atoms with E-state index in [9.17, 15) is 0 Å². The molecule has 1 aromatic rings. The number of benzene rings is 1. The van der Waals surface area contributed by atoms with Crippen LogP contribution in [0.3, 0.4) is 0 Å². The van der Waals surface area contributed by atoms with Gasteiger partial charge in [0, 0.05) is 0 Å². The molecule has 1 atom stereocenters. The van der Waals surface area contributed by atoms with Crippen LogP contribution in [0.2, 0.25) is 0 Å². The van der Waals surface area contributed by atoms with Crippen molar-refractivity contribution in [3.05, 3.63) is 35.4 Å². The Morgan fingerprint density at radius 1 is 1.50 bits per heavy atom. The van der Waals surface area contributed by atoms with Crippen molar-refractivity contribution in [1.82, 2.24) is 0 Å². The molecular formula is C13H16N. The second kappa shape index (κ2) is 5.44. The highest BCUT2D eigenvalue weighted by atomic mass is 14.2. The molecule has 1 nitrogen and oxygen atoms in total. The quantitative estimate of drug-likeness (QED) is 0.704. The molecule has 1 radical (unpaired) electrons. The second-order valence-corrected chi connectivity index (χ2v) is 3.54. The predicted molar refractivity (Wildman–Crippen MR) is 57.9 cm³/mol. The SMILES string of the molecule is CCCC(CC)c1[c]ccc(C#N)c1. The number of hydrogen-bond acceptors (Lipinski definition) is 1. The minimum atomic E-state index is 0.563. The fourth-order valence-corrected chi connectivity index (χ4v) is 1.72. The fraction of sp³-hybridized carbons (Fsp3) is 0.462. The summed E-state index contributed by atoms with van der Waals surface area (Å²) in [5.74, 6) is 0.563. The molecule has 0 saturated carbocycles. The highest BCUT2D eigenvalue weighted by Crippen LogP contribution is 2.24. The average Bonchev–Trinajstić information content (AvgIpc) is 2.26. The van der Waals surface area contributed by atoms with Crippen LogP contribution in [0.25, 0.3) is 0 Å². The molecule has 0 aliphatic rings. The molecule has 73 valence electrons. The van der Waals surface area contributed by atoms with Gasteiger partial charge >= 0.3 is 0 Å². The van der Waals surface area contributed by atoms with Gasteiger partial charge in [-0.25, -0.2) is 0 Å². The van der Waals surface area contributed by atoms with E-state index in [2.05, 4.69) is 26.0 Å². The van der Waals surface area contributed by atoms with Crippen molar-refractivity contribution in [2.45, 2.75) is 39.0 Å². The Morgan fingerprint density at radius 2 is 2.29 bits per heavy atom. The summed E-state index contributed by atoms with van der Waals surface area (Å²) in [7, 11) is 0. The highest BCUT2D eigenvalue weighted by Gasteiger charge is 2.08. The number of nitrogens with zero attached hydrogens (tertiary/aromatic N) is 1. The molecule has 0 aliphatic heterocycles. The molecule has 0 amide bonds. The minimum Gasteiger partial charge on any atom is -0.192 e. The smallest absolute Gasteiger partial charge is 0.0991 e. The molecule has 0 saturated heterocycles. The maximum absolute atomic E-state index is 8.78. The Morgan fingerprint density at radius 3 is 2.86 bits per heavy atom. The summed E-state index contributed by atoms with van der Waals surface area (Å²) < 4.78 is 0. The largest absolute Gasteiger partial charge is 0.192 e. The van der Waals surface area contributed by atoms with Crippen LogP contribution in [0, 0.1) is 17.4 Å². The molecule has 1 rings (SSSR count). The van der Waals surface area contributed by atoms with Gasteiger partial charge < -0.3 is 0 Å². The van der Waals surface area contributed by atoms with Gasteiger partial charge in [-0.3, -0.25) is 0 Å². The van der Waals surface area contributed by atoms with Gasteiger partial charge in [0.15, 0.2) is 0 Å². The molecule has 0 heterocycles. The van der Waals surface area contributed by atoms with Crippen LogP contribution in [0.1, 0.15) is 50.2 Å². The van der Waals surface area contributed by atoms with Gasteiger partial charge in [0.2, 0.25) is 0 Å². The third kappa shape index (κ3) is 2.60. The molecule has 0 aliphatic carbocycles. The van der Waals surface area contributed by atoms with E-state index in [0.717, 1.165) is 12.0 Å². The third-order valence-electron chi connectivity index (χ3n) is 2.52. The Bertz CT molecular complexity index is 322. The van der Waals surface area contributed by atoms with Crippen molar-refractivity contribution in [2.24, 2.45) is 0 Å². The second-order valence-electron chi connectivity index (χ2n) is 3.54. The van der Waals surface area contributed by atoms with Crippen LogP contribution >= 0.6 is 0 Å². The summed E-state index contributed by atoms with van der Waals surface area (Å²) in [5, 5.41) is 8.78. The number of nitriles is 1. The maximum Gasteiger partial charge on any atom is 0.0991 e. The highest BCUT2D eigenvalue weighted by molar-refractivity contribution is 5.33. The first kappa shape index (κ1) is 10.8. The van der Waals surface area contributed by atoms with Crippen LogP contribution in [0.5, 0.6) is 0 Å². The van der Waals surface area contributed by atoms with Crippen molar-refractivity contribution in [1.29, 1.82) is 5.26 Å². The van der Waals surface area contributed by atoms with E-state index in [1.54, 1.807) is 0 Å². The van der Waals surface area contributed by atoms with Gasteiger partial charge in [-0.05, 0) is 42.5 Å². The van der Waals surface area contributed by atoms with Crippen LogP contribution in [-0.4, -0.2) is 0 Å². The molecule has 0 fully saturated rings. The summed E-state index contributed by atoms with van der Waals surface area (Å²) in [4.78, 5) is 0. The van der Waals surface area contributed by atoms with Crippen molar-refractivity contribution in [3.8, 4) is 6.07 Å². The van der Waals surface area contributed by atoms with Crippen LogP contribution < -0.4 is 0 Å². The van der Waals surface area contributed by atoms with Crippen LogP contribution in [0.4, 0.5) is 0 Å². The van der Waals surface area contributed by atoms with Crippen molar-refractivity contribution < 1.29 is 0 Å². The maximum atomic E-state index is 8.78. The van der Waals surface area contributed by atoms with Crippen molar-refractivity contribution in [2.75, 3.05) is 0 Å². The molecular weight excluding hydrogens is 170 g/mol. The molecule has 0 bridgehead atoms. The lowest BCUT2D eigenvalue weighted by molar-refractivity contribution is 0.595. The number of rotatable bonds is 4. The molecule has 0 aromatic heterocycles. The van der Waals surface area contributed by atoms with E-state index in [-0.39, 0.29) is 0 Å². The zero-order valence-electron chi connectivity index (χ0n) is 8.88. The first-order valence-electron chi connectivity index (χ1n) is 5.23. The van der Waals surface area contributed by atoms with E-state index >= 15 is 0 Å². The first-order valence-corrected chi connectivity index (χ1v) is 5.23. The monoisotopic (exact) mass is 186 g/mol. The van der Waals surface area contributed by atoms with Gasteiger partial charge in [-0.2, -0.15) is 5.26 Å². The molecule has 1 heteroatoms. The number of hydrogen-bond donors (Lipinski definition) is 0. The van der Waals surface area contributed by atoms with Gasteiger partial charge in [0.05, 0.1) is 11.6 Å². The summed E-state index contributed by atoms with van der Waals surface area (Å²) in [6, 6.07) is 11.0. The summed E-state index contributed by atoms with van der Waals surface area (Å²) in [6.07, 6.45) is 3.49. The molecule has 14 heavy (non-hydrogen) atoms. The van der Waals surface area contributed by atoms with E-state index in [1.165, 1.54) is 18.4 Å². The Labute approximate surface area is 86.4 Å². The van der Waals surface area contributed by atoms with Gasteiger partial charge in [0.25, 0.3) is 0 Å². The zero-order valence-corrected chi connectivity index (χ0v) is 8.88. The van der Waals surface area contributed by atoms with Crippen molar-refractivity contribution in [3.63, 3.8) is 0 Å². The van der Waals surface area contributed by atoms with Crippen LogP contribution in [-0.2, 0) is 0 Å². The van der Waals surface area contributed by atoms with Gasteiger partial charge in [-0.15, -0.1) is 0 Å². The van der Waals surface area contributed by atoms with Gasteiger partial charge in [0.1, 0.15) is 0 Å². The Hall–Kier alpha value is -1.29. The summed E-state index contributed by atoms with van der Waals surface area (Å²) in [5.41, 5.74) is 1.93. The lowest BCUT2D eigenvalue weighted by Crippen LogP contribution is -1.97. The molecule has 0 N–H and O–H groups in total. The summed E-state index contributed by atoms with van der Waals surface area (Å²) >= 11 is 0. The fourth-order valence-electron chi connectivity index (χ4n) is 1.72. The lowest BCUT2D eigenvalue weighted by Gasteiger charge is -2.13. The minimum absolute atomic E-state index is 0.563. The van der Waals surface area contributed by atoms with E-state index in [4.69, 9.17) is 5.26 Å². The topological polar surface area (TPSA) is 23.8 Å². The molecule has 0 spiro atoms. The van der Waals surface area contributed by atoms with E-state index < -0.39 is 0 Å². The normalized spacial score (nSPS) is 12.1. The van der Waals surface area contributed by atoms with Crippen LogP contribution in [0.15, 0.2) is 18.2 Å². The predicted octanol–water partition coefficient (Wildman–Crippen LogP) is 3.65. The third-order valence-corrected chi connectivity index (χ3v) is 2.52. The van der Waals surface area contributed by atoms with E-state index in [1.807, 2.05) is 18.2 Å². The summed E-state index contributed by atoms with van der Waals surface area (Å²) in [6.45, 7) is 4.38. The Balaban J connectivity index is 2.87. The zero-order chi connectivity index (χ0) is 10.4. The van der Waals surface area contributed by atoms with Gasteiger partial charge in [-0.1, -0.05) is 26.3 Å². The standard InChI is InChI=1S/C13H16N/c1-3-6-12(4-2)13-8-5-7-11(9-13)10-14/h5,7,9,12H,3-4,6H2,1-2H3.